The van der Waals surface area contributed by atoms with Crippen LogP contribution in [0.15, 0.2) is 47.4 Å². The predicted molar refractivity (Wildman–Crippen MR) is 91.0 cm³/mol. The van der Waals surface area contributed by atoms with Crippen LogP contribution in [0, 0.1) is 6.92 Å². The third-order valence-corrected chi connectivity index (χ3v) is 4.38. The Morgan fingerprint density at radius 2 is 2.05 bits per heavy atom. The number of hydrogen-bond donors (Lipinski definition) is 2. The first-order valence-corrected chi connectivity index (χ1v) is 7.96. The fourth-order valence-corrected chi connectivity index (χ4v) is 2.99. The fraction of sp³-hybridized carbons (Fsp3) is 0.188. The first-order chi connectivity index (χ1) is 10.1. The molecule has 0 heterocycles. The van der Waals surface area contributed by atoms with Crippen molar-refractivity contribution in [2.24, 2.45) is 0 Å². The van der Waals surface area contributed by atoms with Crippen molar-refractivity contribution in [1.82, 2.24) is 0 Å². The number of aryl methyl sites for hydroxylation is 1. The van der Waals surface area contributed by atoms with Gasteiger partial charge in [-0.05, 0) is 36.8 Å². The number of amides is 1. The summed E-state index contributed by atoms with van der Waals surface area (Å²) in [5, 5.41) is 3.36. The van der Waals surface area contributed by atoms with Crippen molar-refractivity contribution in [3.8, 4) is 0 Å². The van der Waals surface area contributed by atoms with E-state index in [0.717, 1.165) is 5.75 Å². The Labute approximate surface area is 133 Å². The van der Waals surface area contributed by atoms with E-state index in [1.807, 2.05) is 12.1 Å². The maximum atomic E-state index is 11.9. The normalized spacial score (nSPS) is 10.4. The van der Waals surface area contributed by atoms with Gasteiger partial charge in [-0.15, -0.1) is 11.8 Å². The molecule has 0 saturated heterocycles. The van der Waals surface area contributed by atoms with Gasteiger partial charge in [0.15, 0.2) is 0 Å². The molecule has 2 aromatic carbocycles. The Kier molecular flexibility index (Phi) is 5.53. The van der Waals surface area contributed by atoms with Gasteiger partial charge in [0, 0.05) is 22.1 Å². The Balaban J connectivity index is 1.84. The van der Waals surface area contributed by atoms with Gasteiger partial charge in [0.2, 0.25) is 5.91 Å². The van der Waals surface area contributed by atoms with Crippen molar-refractivity contribution in [3.05, 3.63) is 53.1 Å². The molecule has 0 aliphatic carbocycles. The summed E-state index contributed by atoms with van der Waals surface area (Å²) in [4.78, 5) is 13.1. The van der Waals surface area contributed by atoms with Crippen LogP contribution in [-0.4, -0.2) is 11.7 Å². The van der Waals surface area contributed by atoms with Crippen molar-refractivity contribution in [3.63, 3.8) is 0 Å². The number of nitrogen functional groups attached to an aromatic ring is 1. The molecule has 0 aliphatic rings. The number of anilines is 2. The van der Waals surface area contributed by atoms with Gasteiger partial charge in [0.05, 0.1) is 11.4 Å². The van der Waals surface area contributed by atoms with E-state index in [9.17, 15) is 4.79 Å². The van der Waals surface area contributed by atoms with Crippen LogP contribution in [0.3, 0.4) is 0 Å². The lowest BCUT2D eigenvalue weighted by Crippen LogP contribution is -2.13. The second-order valence-corrected chi connectivity index (χ2v) is 6.22. The number of rotatable bonds is 5. The zero-order chi connectivity index (χ0) is 15.2. The zero-order valence-corrected chi connectivity index (χ0v) is 13.3. The minimum Gasteiger partial charge on any atom is -0.397 e. The maximum Gasteiger partial charge on any atom is 0.225 e. The summed E-state index contributed by atoms with van der Waals surface area (Å²) in [7, 11) is 0. The first kappa shape index (κ1) is 15.7. The maximum absolute atomic E-state index is 11.9. The van der Waals surface area contributed by atoms with E-state index in [2.05, 4.69) is 24.4 Å². The lowest BCUT2D eigenvalue weighted by atomic mass is 10.2. The molecule has 0 aromatic heterocycles. The average Bonchev–Trinajstić information content (AvgIpc) is 2.44. The van der Waals surface area contributed by atoms with Crippen LogP contribution in [0.25, 0.3) is 0 Å². The van der Waals surface area contributed by atoms with Crippen molar-refractivity contribution in [1.29, 1.82) is 0 Å². The highest BCUT2D eigenvalue weighted by Crippen LogP contribution is 2.24. The molecule has 0 atom stereocenters. The van der Waals surface area contributed by atoms with E-state index in [-0.39, 0.29) is 5.91 Å². The van der Waals surface area contributed by atoms with Crippen LogP contribution in [-0.2, 0) is 4.79 Å². The summed E-state index contributed by atoms with van der Waals surface area (Å²) >= 11 is 7.50. The molecule has 0 unspecified atom stereocenters. The number of nitrogens with two attached hydrogens (primary N) is 1. The van der Waals surface area contributed by atoms with Gasteiger partial charge in [-0.3, -0.25) is 4.79 Å². The van der Waals surface area contributed by atoms with Crippen molar-refractivity contribution in [2.45, 2.75) is 18.2 Å². The summed E-state index contributed by atoms with van der Waals surface area (Å²) in [5.41, 5.74) is 8.11. The second kappa shape index (κ2) is 7.38. The molecule has 0 spiro atoms. The van der Waals surface area contributed by atoms with Gasteiger partial charge in [-0.1, -0.05) is 29.8 Å². The molecule has 3 nitrogen and oxygen atoms in total. The molecule has 2 rings (SSSR count). The predicted octanol–water partition coefficient (Wildman–Crippen LogP) is 4.35. The Morgan fingerprint density at radius 3 is 2.76 bits per heavy atom. The Morgan fingerprint density at radius 1 is 1.29 bits per heavy atom. The zero-order valence-electron chi connectivity index (χ0n) is 11.7. The first-order valence-electron chi connectivity index (χ1n) is 6.59. The molecular formula is C16H17ClN2OS. The highest BCUT2D eigenvalue weighted by atomic mass is 35.5. The lowest BCUT2D eigenvalue weighted by Gasteiger charge is -2.09. The molecule has 1 amide bonds. The van der Waals surface area contributed by atoms with Crippen molar-refractivity contribution in [2.75, 3.05) is 16.8 Å². The molecule has 3 N–H and O–H groups in total. The van der Waals surface area contributed by atoms with Gasteiger partial charge in [-0.25, -0.2) is 0 Å². The monoisotopic (exact) mass is 320 g/mol. The SMILES string of the molecule is Cc1ccccc1SCCC(=O)Nc1ccc(Cl)cc1N. The second-order valence-electron chi connectivity index (χ2n) is 4.64. The molecule has 0 aliphatic heterocycles. The van der Waals surface area contributed by atoms with E-state index in [1.54, 1.807) is 30.0 Å². The number of nitrogens with one attached hydrogen (secondary N) is 1. The van der Waals surface area contributed by atoms with Crippen LogP contribution in [0.4, 0.5) is 11.4 Å². The van der Waals surface area contributed by atoms with E-state index in [0.29, 0.717) is 22.8 Å². The molecule has 110 valence electrons. The van der Waals surface area contributed by atoms with Gasteiger partial charge < -0.3 is 11.1 Å². The molecule has 2 aromatic rings. The third-order valence-electron chi connectivity index (χ3n) is 2.97. The van der Waals surface area contributed by atoms with Gasteiger partial charge in [-0.2, -0.15) is 0 Å². The number of thioether (sulfide) groups is 1. The molecular weight excluding hydrogens is 304 g/mol. The molecule has 5 heteroatoms. The number of carbonyl (C=O) groups excluding carboxylic acids is 1. The largest absolute Gasteiger partial charge is 0.397 e. The molecule has 0 saturated carbocycles. The smallest absolute Gasteiger partial charge is 0.225 e. The van der Waals surface area contributed by atoms with E-state index in [4.69, 9.17) is 17.3 Å². The third kappa shape index (κ3) is 4.69. The van der Waals surface area contributed by atoms with Crippen LogP contribution >= 0.6 is 23.4 Å². The van der Waals surface area contributed by atoms with Crippen LogP contribution < -0.4 is 11.1 Å². The van der Waals surface area contributed by atoms with Gasteiger partial charge >= 0.3 is 0 Å². The van der Waals surface area contributed by atoms with Crippen molar-refractivity contribution < 1.29 is 4.79 Å². The van der Waals surface area contributed by atoms with E-state index < -0.39 is 0 Å². The summed E-state index contributed by atoms with van der Waals surface area (Å²) in [5.74, 6) is 0.676. The minimum atomic E-state index is -0.0508. The Hall–Kier alpha value is -1.65. The number of benzene rings is 2. The topological polar surface area (TPSA) is 55.1 Å². The van der Waals surface area contributed by atoms with Crippen LogP contribution in [0.1, 0.15) is 12.0 Å². The highest BCUT2D eigenvalue weighted by molar-refractivity contribution is 7.99. The summed E-state index contributed by atoms with van der Waals surface area (Å²) < 4.78 is 0. The Bertz CT molecular complexity index is 646. The van der Waals surface area contributed by atoms with Crippen molar-refractivity contribution >= 4 is 40.6 Å². The summed E-state index contributed by atoms with van der Waals surface area (Å²) in [6, 6.07) is 13.2. The average molecular weight is 321 g/mol. The standard InChI is InChI=1S/C16H17ClN2OS/c1-11-4-2-3-5-15(11)21-9-8-16(20)19-14-7-6-12(17)10-13(14)18/h2-7,10H,8-9,18H2,1H3,(H,19,20). The summed E-state index contributed by atoms with van der Waals surface area (Å²) in [6.07, 6.45) is 0.432. The number of carbonyl (C=O) groups is 1. The van der Waals surface area contributed by atoms with Crippen LogP contribution in [0.5, 0.6) is 0 Å². The number of halogens is 1. The molecule has 21 heavy (non-hydrogen) atoms. The molecule has 0 radical (unpaired) electrons. The number of hydrogen-bond acceptors (Lipinski definition) is 3. The fourth-order valence-electron chi connectivity index (χ4n) is 1.83. The van der Waals surface area contributed by atoms with E-state index in [1.165, 1.54) is 10.5 Å². The minimum absolute atomic E-state index is 0.0508. The quantitative estimate of drug-likeness (QED) is 0.636. The van der Waals surface area contributed by atoms with Gasteiger partial charge in [0.1, 0.15) is 0 Å². The van der Waals surface area contributed by atoms with Gasteiger partial charge in [0.25, 0.3) is 0 Å². The molecule has 0 fully saturated rings. The molecule has 0 bridgehead atoms. The van der Waals surface area contributed by atoms with Crippen LogP contribution in [0.2, 0.25) is 5.02 Å². The highest BCUT2D eigenvalue weighted by Gasteiger charge is 2.06. The summed E-state index contributed by atoms with van der Waals surface area (Å²) in [6.45, 7) is 2.07. The van der Waals surface area contributed by atoms with E-state index >= 15 is 0 Å². The lowest BCUT2D eigenvalue weighted by molar-refractivity contribution is -0.115.